The summed E-state index contributed by atoms with van der Waals surface area (Å²) in [5.74, 6) is 0.364. The number of hydrogen-bond donors (Lipinski definition) is 1. The van der Waals surface area contributed by atoms with Crippen LogP contribution in [0.1, 0.15) is 29.8 Å². The third kappa shape index (κ3) is 2.79. The molecule has 1 aromatic rings. The molecule has 2 N–H and O–H groups in total. The lowest BCUT2D eigenvalue weighted by Gasteiger charge is -2.20. The molecule has 0 atom stereocenters. The summed E-state index contributed by atoms with van der Waals surface area (Å²) in [5, 5.41) is 0. The summed E-state index contributed by atoms with van der Waals surface area (Å²) in [5.41, 5.74) is 4.26. The lowest BCUT2D eigenvalue weighted by Crippen LogP contribution is -2.17. The van der Waals surface area contributed by atoms with Crippen LogP contribution in [0.4, 0.5) is 4.39 Å². The normalized spacial score (nSPS) is 11.2. The molecule has 0 unspecified atom stereocenters. The molecule has 5 heteroatoms. The number of rotatable bonds is 5. The van der Waals surface area contributed by atoms with Crippen molar-refractivity contribution < 1.29 is 18.7 Å². The van der Waals surface area contributed by atoms with Gasteiger partial charge in [-0.05, 0) is 19.9 Å². The van der Waals surface area contributed by atoms with E-state index in [4.69, 9.17) is 15.2 Å². The average Bonchev–Trinajstić information content (AvgIpc) is 2.34. The maximum atomic E-state index is 14.1. The van der Waals surface area contributed by atoms with E-state index in [1.165, 1.54) is 40.2 Å². The first-order chi connectivity index (χ1) is 8.35. The van der Waals surface area contributed by atoms with Gasteiger partial charge in [0.05, 0.1) is 26.3 Å². The number of hydrogen-bond acceptors (Lipinski definition) is 4. The van der Waals surface area contributed by atoms with Gasteiger partial charge in [-0.2, -0.15) is 0 Å². The second kappa shape index (κ2) is 5.35. The minimum Gasteiger partial charge on any atom is -0.496 e. The fourth-order valence-electron chi connectivity index (χ4n) is 1.69. The highest BCUT2D eigenvalue weighted by atomic mass is 19.1. The number of ether oxygens (including phenoxy) is 2. The molecule has 0 heterocycles. The fourth-order valence-corrected chi connectivity index (χ4v) is 1.69. The third-order valence-corrected chi connectivity index (χ3v) is 2.65. The Kier molecular flexibility index (Phi) is 4.29. The standard InChI is InChI=1S/C13H18FNO3/c1-13(2,14)9-5-8(10(16)7-15)11(17-3)6-12(9)18-4/h5-6H,7,15H2,1-4H3. The van der Waals surface area contributed by atoms with Crippen molar-refractivity contribution in [2.45, 2.75) is 19.5 Å². The molecule has 0 aliphatic carbocycles. The van der Waals surface area contributed by atoms with Gasteiger partial charge in [-0.1, -0.05) is 0 Å². The molecule has 0 aliphatic rings. The minimum absolute atomic E-state index is 0.158. The van der Waals surface area contributed by atoms with Crippen LogP contribution in [-0.4, -0.2) is 26.5 Å². The van der Waals surface area contributed by atoms with Crippen molar-refractivity contribution in [2.24, 2.45) is 5.73 Å². The van der Waals surface area contributed by atoms with Crippen molar-refractivity contribution >= 4 is 5.78 Å². The van der Waals surface area contributed by atoms with Gasteiger partial charge in [0.1, 0.15) is 17.2 Å². The molecule has 100 valence electrons. The highest BCUT2D eigenvalue weighted by Gasteiger charge is 2.26. The average molecular weight is 255 g/mol. The smallest absolute Gasteiger partial charge is 0.180 e. The van der Waals surface area contributed by atoms with Crippen molar-refractivity contribution in [2.75, 3.05) is 20.8 Å². The fraction of sp³-hybridized carbons (Fsp3) is 0.462. The Morgan fingerprint density at radius 2 is 1.83 bits per heavy atom. The van der Waals surface area contributed by atoms with Crippen LogP contribution >= 0.6 is 0 Å². The summed E-state index contributed by atoms with van der Waals surface area (Å²) < 4.78 is 24.3. The van der Waals surface area contributed by atoms with Crippen LogP contribution in [0, 0.1) is 0 Å². The van der Waals surface area contributed by atoms with Gasteiger partial charge in [-0.3, -0.25) is 4.79 Å². The van der Waals surface area contributed by atoms with E-state index in [1.807, 2.05) is 0 Å². The van der Waals surface area contributed by atoms with E-state index in [1.54, 1.807) is 0 Å². The molecule has 0 spiro atoms. The molecule has 0 bridgehead atoms. The van der Waals surface area contributed by atoms with Crippen LogP contribution in [0.3, 0.4) is 0 Å². The van der Waals surface area contributed by atoms with Crippen molar-refractivity contribution in [3.63, 3.8) is 0 Å². The van der Waals surface area contributed by atoms with Gasteiger partial charge in [0, 0.05) is 11.6 Å². The predicted octanol–water partition coefficient (Wildman–Crippen LogP) is 2.05. The maximum Gasteiger partial charge on any atom is 0.180 e. The Labute approximate surface area is 106 Å². The van der Waals surface area contributed by atoms with Crippen LogP contribution in [0.5, 0.6) is 11.5 Å². The quantitative estimate of drug-likeness (QED) is 0.818. The molecule has 18 heavy (non-hydrogen) atoms. The molecular weight excluding hydrogens is 237 g/mol. The second-order valence-electron chi connectivity index (χ2n) is 4.35. The van der Waals surface area contributed by atoms with E-state index in [9.17, 15) is 9.18 Å². The van der Waals surface area contributed by atoms with Gasteiger partial charge >= 0.3 is 0 Å². The number of Topliss-reactive ketones (excluding diaryl/α,β-unsaturated/α-hetero) is 1. The van der Waals surface area contributed by atoms with E-state index in [-0.39, 0.29) is 17.9 Å². The van der Waals surface area contributed by atoms with Crippen LogP contribution in [-0.2, 0) is 5.67 Å². The summed E-state index contributed by atoms with van der Waals surface area (Å²) in [6.07, 6.45) is 0. The second-order valence-corrected chi connectivity index (χ2v) is 4.35. The molecule has 0 fully saturated rings. The van der Waals surface area contributed by atoms with Crippen molar-refractivity contribution in [1.29, 1.82) is 0 Å². The Morgan fingerprint density at radius 1 is 1.28 bits per heavy atom. The van der Waals surface area contributed by atoms with Crippen LogP contribution in [0.25, 0.3) is 0 Å². The number of methoxy groups -OCH3 is 2. The van der Waals surface area contributed by atoms with Crippen molar-refractivity contribution in [3.8, 4) is 11.5 Å². The molecule has 0 saturated heterocycles. The lowest BCUT2D eigenvalue weighted by atomic mass is 9.95. The van der Waals surface area contributed by atoms with Gasteiger partial charge in [0.25, 0.3) is 0 Å². The van der Waals surface area contributed by atoms with Crippen molar-refractivity contribution in [1.82, 2.24) is 0 Å². The molecule has 0 amide bonds. The largest absolute Gasteiger partial charge is 0.496 e. The zero-order chi connectivity index (χ0) is 13.9. The van der Waals surface area contributed by atoms with Gasteiger partial charge < -0.3 is 15.2 Å². The maximum absolute atomic E-state index is 14.1. The highest BCUT2D eigenvalue weighted by molar-refractivity contribution is 6.00. The number of ketones is 1. The number of alkyl halides is 1. The van der Waals surface area contributed by atoms with Crippen LogP contribution in [0.2, 0.25) is 0 Å². The Bertz CT molecular complexity index is 452. The zero-order valence-corrected chi connectivity index (χ0v) is 11.0. The summed E-state index contributed by atoms with van der Waals surface area (Å²) in [7, 11) is 2.87. The zero-order valence-electron chi connectivity index (χ0n) is 11.0. The van der Waals surface area contributed by atoms with Gasteiger partial charge in [0.15, 0.2) is 5.78 Å². The monoisotopic (exact) mass is 255 g/mol. The first-order valence-electron chi connectivity index (χ1n) is 5.53. The van der Waals surface area contributed by atoms with Gasteiger partial charge in [-0.25, -0.2) is 4.39 Å². The van der Waals surface area contributed by atoms with E-state index in [2.05, 4.69) is 0 Å². The number of carbonyl (C=O) groups is 1. The van der Waals surface area contributed by atoms with Gasteiger partial charge in [0.2, 0.25) is 0 Å². The number of halogens is 1. The van der Waals surface area contributed by atoms with Gasteiger partial charge in [-0.15, -0.1) is 0 Å². The number of carbonyl (C=O) groups excluding carboxylic acids is 1. The Morgan fingerprint density at radius 3 is 2.22 bits per heavy atom. The Balaban J connectivity index is 3.49. The lowest BCUT2D eigenvalue weighted by molar-refractivity contribution is 0.0998. The molecule has 0 aliphatic heterocycles. The first-order valence-corrected chi connectivity index (χ1v) is 5.53. The first kappa shape index (κ1) is 14.4. The summed E-state index contributed by atoms with van der Waals surface area (Å²) in [4.78, 5) is 11.7. The van der Waals surface area contributed by atoms with Crippen LogP contribution < -0.4 is 15.2 Å². The topological polar surface area (TPSA) is 61.5 Å². The molecule has 0 radical (unpaired) electrons. The minimum atomic E-state index is -1.62. The molecule has 0 aromatic heterocycles. The predicted molar refractivity (Wildman–Crippen MR) is 67.1 cm³/mol. The number of nitrogens with two attached hydrogens (primary N) is 1. The van der Waals surface area contributed by atoms with E-state index < -0.39 is 5.67 Å². The van der Waals surface area contributed by atoms with E-state index in [0.717, 1.165) is 0 Å². The third-order valence-electron chi connectivity index (χ3n) is 2.65. The van der Waals surface area contributed by atoms with Crippen LogP contribution in [0.15, 0.2) is 12.1 Å². The SMILES string of the molecule is COc1cc(OC)c(C(C)(C)F)cc1C(=O)CN. The summed E-state index contributed by atoms with van der Waals surface area (Å²) in [6.45, 7) is 2.64. The van der Waals surface area contributed by atoms with Crippen molar-refractivity contribution in [3.05, 3.63) is 23.3 Å². The molecule has 4 nitrogen and oxygen atoms in total. The summed E-state index contributed by atoms with van der Waals surface area (Å²) >= 11 is 0. The highest BCUT2D eigenvalue weighted by Crippen LogP contribution is 2.37. The summed E-state index contributed by atoms with van der Waals surface area (Å²) in [6, 6.07) is 2.94. The molecule has 0 saturated carbocycles. The molecular formula is C13H18FNO3. The van der Waals surface area contributed by atoms with E-state index in [0.29, 0.717) is 17.1 Å². The Hall–Kier alpha value is -1.62. The number of benzene rings is 1. The molecule has 1 aromatic carbocycles. The van der Waals surface area contributed by atoms with E-state index >= 15 is 0 Å². The molecule has 1 rings (SSSR count).